The number of hydrogen-bond donors (Lipinski definition) is 1. The van der Waals surface area contributed by atoms with E-state index < -0.39 is 0 Å². The highest BCUT2D eigenvalue weighted by molar-refractivity contribution is 5.26. The maximum absolute atomic E-state index is 6.31. The fraction of sp³-hybridized carbons (Fsp3) is 0.647. The smallest absolute Gasteiger partial charge is 0.0174 e. The van der Waals surface area contributed by atoms with Crippen molar-refractivity contribution in [2.24, 2.45) is 11.7 Å². The first kappa shape index (κ1) is 13.1. The average molecular weight is 258 g/mol. The SMILES string of the molecule is Cc1cccc(C2CC(N)CN(C(C)C3CC3)C2)c1. The summed E-state index contributed by atoms with van der Waals surface area (Å²) >= 11 is 0. The number of nitrogens with zero attached hydrogens (tertiary/aromatic N) is 1. The van der Waals surface area contributed by atoms with E-state index in [2.05, 4.69) is 43.0 Å². The molecular weight excluding hydrogens is 232 g/mol. The van der Waals surface area contributed by atoms with Crippen LogP contribution in [0, 0.1) is 12.8 Å². The summed E-state index contributed by atoms with van der Waals surface area (Å²) in [4.78, 5) is 2.64. The Morgan fingerprint density at radius 2 is 2.05 bits per heavy atom. The Bertz CT molecular complexity index is 439. The van der Waals surface area contributed by atoms with Gasteiger partial charge in [-0.2, -0.15) is 0 Å². The number of piperidine rings is 1. The zero-order chi connectivity index (χ0) is 13.4. The molecule has 3 unspecified atom stereocenters. The predicted octanol–water partition coefficient (Wildman–Crippen LogP) is 2.91. The molecule has 1 aliphatic carbocycles. The lowest BCUT2D eigenvalue weighted by molar-refractivity contribution is 0.130. The predicted molar refractivity (Wildman–Crippen MR) is 80.3 cm³/mol. The molecule has 2 heteroatoms. The molecule has 0 radical (unpaired) electrons. The average Bonchev–Trinajstić information content (AvgIpc) is 3.21. The van der Waals surface area contributed by atoms with Gasteiger partial charge in [-0.15, -0.1) is 0 Å². The van der Waals surface area contributed by atoms with E-state index in [4.69, 9.17) is 5.73 Å². The lowest BCUT2D eigenvalue weighted by Gasteiger charge is -2.40. The minimum absolute atomic E-state index is 0.334. The van der Waals surface area contributed by atoms with Crippen molar-refractivity contribution in [3.05, 3.63) is 35.4 Å². The minimum Gasteiger partial charge on any atom is -0.327 e. The van der Waals surface area contributed by atoms with Crippen molar-refractivity contribution in [3.8, 4) is 0 Å². The Hall–Kier alpha value is -0.860. The number of hydrogen-bond acceptors (Lipinski definition) is 2. The van der Waals surface area contributed by atoms with Gasteiger partial charge >= 0.3 is 0 Å². The molecule has 3 rings (SSSR count). The lowest BCUT2D eigenvalue weighted by atomic mass is 9.87. The largest absolute Gasteiger partial charge is 0.327 e. The Kier molecular flexibility index (Phi) is 3.64. The minimum atomic E-state index is 0.334. The third-order valence-electron chi connectivity index (χ3n) is 4.90. The van der Waals surface area contributed by atoms with E-state index in [1.165, 1.54) is 30.5 Å². The lowest BCUT2D eigenvalue weighted by Crippen LogP contribution is -2.50. The first-order valence-electron chi connectivity index (χ1n) is 7.69. The normalized spacial score (nSPS) is 30.3. The highest BCUT2D eigenvalue weighted by Crippen LogP contribution is 2.37. The van der Waals surface area contributed by atoms with Crippen molar-refractivity contribution < 1.29 is 0 Å². The molecule has 0 bridgehead atoms. The van der Waals surface area contributed by atoms with Crippen LogP contribution >= 0.6 is 0 Å². The second kappa shape index (κ2) is 5.26. The molecule has 1 heterocycles. The summed E-state index contributed by atoms with van der Waals surface area (Å²) in [6.45, 7) is 6.84. The second-order valence-corrected chi connectivity index (χ2v) is 6.64. The summed E-state index contributed by atoms with van der Waals surface area (Å²) in [5.74, 6) is 1.55. The van der Waals surface area contributed by atoms with Crippen molar-refractivity contribution in [3.63, 3.8) is 0 Å². The van der Waals surface area contributed by atoms with E-state index >= 15 is 0 Å². The van der Waals surface area contributed by atoms with Crippen molar-refractivity contribution >= 4 is 0 Å². The summed E-state index contributed by atoms with van der Waals surface area (Å²) in [6, 6.07) is 10.0. The molecule has 2 N–H and O–H groups in total. The van der Waals surface area contributed by atoms with Crippen LogP contribution in [0.5, 0.6) is 0 Å². The summed E-state index contributed by atoms with van der Waals surface area (Å²) in [6.07, 6.45) is 3.97. The fourth-order valence-electron chi connectivity index (χ4n) is 3.55. The summed E-state index contributed by atoms with van der Waals surface area (Å²) in [5.41, 5.74) is 9.14. The van der Waals surface area contributed by atoms with Gasteiger partial charge in [0.05, 0.1) is 0 Å². The van der Waals surface area contributed by atoms with Crippen LogP contribution in [0.25, 0.3) is 0 Å². The van der Waals surface area contributed by atoms with Crippen LogP contribution in [0.1, 0.15) is 43.2 Å². The molecule has 1 aromatic carbocycles. The molecule has 2 aliphatic rings. The molecule has 1 aliphatic heterocycles. The van der Waals surface area contributed by atoms with Crippen molar-refractivity contribution in [2.45, 2.75) is 51.1 Å². The standard InChI is InChI=1S/C17H26N2/c1-12-4-3-5-15(8-12)16-9-17(18)11-19(10-16)13(2)14-6-7-14/h3-5,8,13-14,16-17H,6-7,9-11,18H2,1-2H3. The van der Waals surface area contributed by atoms with Gasteiger partial charge < -0.3 is 5.73 Å². The highest BCUT2D eigenvalue weighted by atomic mass is 15.2. The van der Waals surface area contributed by atoms with Crippen LogP contribution in [-0.4, -0.2) is 30.1 Å². The molecule has 2 fully saturated rings. The van der Waals surface area contributed by atoms with Gasteiger partial charge in [-0.05, 0) is 50.5 Å². The Balaban J connectivity index is 1.74. The van der Waals surface area contributed by atoms with Gasteiger partial charge in [-0.1, -0.05) is 29.8 Å². The molecule has 0 aromatic heterocycles. The number of rotatable bonds is 3. The molecule has 3 atom stereocenters. The first-order valence-corrected chi connectivity index (χ1v) is 7.69. The van der Waals surface area contributed by atoms with E-state index in [1.807, 2.05) is 0 Å². The molecule has 104 valence electrons. The van der Waals surface area contributed by atoms with Gasteiger partial charge in [0, 0.05) is 25.2 Å². The van der Waals surface area contributed by atoms with E-state index in [0.29, 0.717) is 12.0 Å². The third kappa shape index (κ3) is 3.01. The van der Waals surface area contributed by atoms with Gasteiger partial charge in [0.25, 0.3) is 0 Å². The molecule has 0 spiro atoms. The first-order chi connectivity index (χ1) is 9.13. The second-order valence-electron chi connectivity index (χ2n) is 6.64. The monoisotopic (exact) mass is 258 g/mol. The van der Waals surface area contributed by atoms with E-state index in [1.54, 1.807) is 0 Å². The van der Waals surface area contributed by atoms with Crippen molar-refractivity contribution in [2.75, 3.05) is 13.1 Å². The topological polar surface area (TPSA) is 29.3 Å². The van der Waals surface area contributed by atoms with Gasteiger partial charge in [-0.25, -0.2) is 0 Å². The van der Waals surface area contributed by atoms with Crippen LogP contribution in [0.15, 0.2) is 24.3 Å². The number of nitrogens with two attached hydrogens (primary N) is 1. The zero-order valence-corrected chi connectivity index (χ0v) is 12.2. The molecule has 19 heavy (non-hydrogen) atoms. The van der Waals surface area contributed by atoms with Gasteiger partial charge in [-0.3, -0.25) is 4.90 Å². The maximum atomic E-state index is 6.31. The Morgan fingerprint density at radius 1 is 1.26 bits per heavy atom. The van der Waals surface area contributed by atoms with E-state index in [0.717, 1.165) is 24.9 Å². The summed E-state index contributed by atoms with van der Waals surface area (Å²) < 4.78 is 0. The highest BCUT2D eigenvalue weighted by Gasteiger charge is 2.36. The molecule has 1 saturated heterocycles. The molecular formula is C17H26N2. The Morgan fingerprint density at radius 3 is 2.74 bits per heavy atom. The maximum Gasteiger partial charge on any atom is 0.0174 e. The van der Waals surface area contributed by atoms with E-state index in [-0.39, 0.29) is 0 Å². The number of benzene rings is 1. The summed E-state index contributed by atoms with van der Waals surface area (Å²) in [5, 5.41) is 0. The fourth-order valence-corrected chi connectivity index (χ4v) is 3.55. The third-order valence-corrected chi connectivity index (χ3v) is 4.90. The zero-order valence-electron chi connectivity index (χ0n) is 12.2. The van der Waals surface area contributed by atoms with Crippen molar-refractivity contribution in [1.29, 1.82) is 0 Å². The van der Waals surface area contributed by atoms with E-state index in [9.17, 15) is 0 Å². The van der Waals surface area contributed by atoms with Crippen LogP contribution < -0.4 is 5.73 Å². The van der Waals surface area contributed by atoms with Crippen LogP contribution in [0.2, 0.25) is 0 Å². The van der Waals surface area contributed by atoms with Crippen LogP contribution in [0.3, 0.4) is 0 Å². The summed E-state index contributed by atoms with van der Waals surface area (Å²) in [7, 11) is 0. The number of likely N-dealkylation sites (tertiary alicyclic amines) is 1. The van der Waals surface area contributed by atoms with Crippen LogP contribution in [-0.2, 0) is 0 Å². The molecule has 1 saturated carbocycles. The van der Waals surface area contributed by atoms with Gasteiger partial charge in [0.2, 0.25) is 0 Å². The van der Waals surface area contributed by atoms with Gasteiger partial charge in [0.15, 0.2) is 0 Å². The van der Waals surface area contributed by atoms with Crippen molar-refractivity contribution in [1.82, 2.24) is 4.90 Å². The number of aryl methyl sites for hydroxylation is 1. The van der Waals surface area contributed by atoms with Crippen LogP contribution in [0.4, 0.5) is 0 Å². The molecule has 2 nitrogen and oxygen atoms in total. The quantitative estimate of drug-likeness (QED) is 0.903. The molecule has 1 aromatic rings. The Labute approximate surface area is 117 Å². The van der Waals surface area contributed by atoms with Gasteiger partial charge in [0.1, 0.15) is 0 Å². The molecule has 0 amide bonds.